The lowest BCUT2D eigenvalue weighted by Crippen LogP contribution is -2.04. The molecule has 2 aromatic carbocycles. The van der Waals surface area contributed by atoms with Crippen molar-refractivity contribution in [1.82, 2.24) is 0 Å². The highest BCUT2D eigenvalue weighted by Gasteiger charge is 2.14. The van der Waals surface area contributed by atoms with Crippen molar-refractivity contribution in [3.63, 3.8) is 0 Å². The molecule has 1 unspecified atom stereocenters. The molecule has 0 amide bonds. The van der Waals surface area contributed by atoms with Gasteiger partial charge in [0.2, 0.25) is 0 Å². The van der Waals surface area contributed by atoms with Crippen molar-refractivity contribution < 1.29 is 13.2 Å². The Balaban J connectivity index is 2.25. The normalized spacial score (nSPS) is 12.7. The third kappa shape index (κ3) is 3.66. The summed E-state index contributed by atoms with van der Waals surface area (Å²) in [5, 5.41) is 0. The van der Waals surface area contributed by atoms with Crippen LogP contribution in [0.25, 0.3) is 0 Å². The molecule has 0 aliphatic carbocycles. The van der Waals surface area contributed by atoms with Crippen molar-refractivity contribution in [3.8, 4) is 0 Å². The molecule has 0 saturated heterocycles. The van der Waals surface area contributed by atoms with Crippen molar-refractivity contribution >= 4 is 0 Å². The van der Waals surface area contributed by atoms with Gasteiger partial charge in [0.1, 0.15) is 17.5 Å². The second kappa shape index (κ2) is 6.33. The van der Waals surface area contributed by atoms with Gasteiger partial charge in [-0.05, 0) is 59.2 Å². The zero-order valence-electron chi connectivity index (χ0n) is 12.5. The average Bonchev–Trinajstić information content (AvgIpc) is 2.43. The van der Waals surface area contributed by atoms with Crippen molar-refractivity contribution in [2.24, 2.45) is 0 Å². The molecule has 0 fully saturated rings. The largest absolute Gasteiger partial charge is 0.207 e. The molecular weight excluding hydrogens is 273 g/mol. The van der Waals surface area contributed by atoms with Crippen LogP contribution in [0.15, 0.2) is 36.4 Å². The summed E-state index contributed by atoms with van der Waals surface area (Å²) < 4.78 is 40.7. The summed E-state index contributed by atoms with van der Waals surface area (Å²) in [4.78, 5) is 0. The molecule has 0 bridgehead atoms. The maximum absolute atomic E-state index is 13.8. The molecular formula is C18H19F3. The van der Waals surface area contributed by atoms with Gasteiger partial charge in [0, 0.05) is 0 Å². The molecule has 2 aromatic rings. The van der Waals surface area contributed by atoms with E-state index in [0.717, 1.165) is 17.7 Å². The number of halogens is 3. The van der Waals surface area contributed by atoms with Gasteiger partial charge in [-0.1, -0.05) is 32.9 Å². The first kappa shape index (κ1) is 15.6. The molecule has 0 radical (unpaired) electrons. The second-order valence-electron chi connectivity index (χ2n) is 5.78. The molecule has 0 aliphatic rings. The fourth-order valence-electron chi connectivity index (χ4n) is 2.52. The van der Waals surface area contributed by atoms with E-state index in [-0.39, 0.29) is 17.7 Å². The highest BCUT2D eigenvalue weighted by molar-refractivity contribution is 5.30. The lowest BCUT2D eigenvalue weighted by molar-refractivity contribution is 0.566. The third-order valence-electron chi connectivity index (χ3n) is 3.71. The fourth-order valence-corrected chi connectivity index (χ4v) is 2.52. The van der Waals surface area contributed by atoms with Gasteiger partial charge < -0.3 is 0 Å². The highest BCUT2D eigenvalue weighted by atomic mass is 19.1. The Morgan fingerprint density at radius 1 is 0.810 bits per heavy atom. The van der Waals surface area contributed by atoms with E-state index < -0.39 is 11.6 Å². The zero-order valence-corrected chi connectivity index (χ0v) is 12.5. The summed E-state index contributed by atoms with van der Waals surface area (Å²) in [5.41, 5.74) is 1.93. The van der Waals surface area contributed by atoms with Crippen LogP contribution in [0, 0.1) is 17.5 Å². The van der Waals surface area contributed by atoms with Crippen molar-refractivity contribution in [1.29, 1.82) is 0 Å². The van der Waals surface area contributed by atoms with Gasteiger partial charge in [-0.3, -0.25) is 0 Å². The first-order valence-electron chi connectivity index (χ1n) is 7.11. The van der Waals surface area contributed by atoms with Crippen LogP contribution >= 0.6 is 0 Å². The molecule has 112 valence electrons. The smallest absolute Gasteiger partial charge is 0.126 e. The predicted molar refractivity (Wildman–Crippen MR) is 79.0 cm³/mol. The number of rotatable bonds is 4. The van der Waals surface area contributed by atoms with Gasteiger partial charge in [0.15, 0.2) is 0 Å². The molecule has 0 saturated carbocycles. The summed E-state index contributed by atoms with van der Waals surface area (Å²) in [6.45, 7) is 5.70. The molecule has 0 heterocycles. The van der Waals surface area contributed by atoms with Crippen LogP contribution < -0.4 is 0 Å². The predicted octanol–water partition coefficient (Wildman–Crippen LogP) is 5.57. The molecule has 0 N–H and O–H groups in total. The van der Waals surface area contributed by atoms with E-state index in [2.05, 4.69) is 0 Å². The lowest BCUT2D eigenvalue weighted by atomic mass is 9.91. The first-order valence-corrected chi connectivity index (χ1v) is 7.11. The maximum Gasteiger partial charge on any atom is 0.126 e. The standard InChI is InChI=1S/C18H19F3/c1-11(2)15-9-13(4-6-17(15)20)8-12(3)16-10-14(19)5-7-18(16)21/h4-7,9-12H,8H2,1-3H3. The highest BCUT2D eigenvalue weighted by Crippen LogP contribution is 2.26. The summed E-state index contributed by atoms with van der Waals surface area (Å²) in [7, 11) is 0. The summed E-state index contributed by atoms with van der Waals surface area (Å²) in [6.07, 6.45) is 0.542. The summed E-state index contributed by atoms with van der Waals surface area (Å²) in [5.74, 6) is -1.16. The van der Waals surface area contributed by atoms with E-state index in [0.29, 0.717) is 17.5 Å². The van der Waals surface area contributed by atoms with Crippen LogP contribution in [-0.4, -0.2) is 0 Å². The fraction of sp³-hybridized carbons (Fsp3) is 0.333. The Kier molecular flexibility index (Phi) is 4.71. The van der Waals surface area contributed by atoms with Crippen LogP contribution in [0.2, 0.25) is 0 Å². The van der Waals surface area contributed by atoms with E-state index in [9.17, 15) is 13.2 Å². The molecule has 0 nitrogen and oxygen atoms in total. The van der Waals surface area contributed by atoms with Gasteiger partial charge >= 0.3 is 0 Å². The van der Waals surface area contributed by atoms with E-state index in [1.807, 2.05) is 26.8 Å². The van der Waals surface area contributed by atoms with E-state index in [1.165, 1.54) is 12.1 Å². The van der Waals surface area contributed by atoms with Crippen LogP contribution in [-0.2, 0) is 6.42 Å². The molecule has 21 heavy (non-hydrogen) atoms. The van der Waals surface area contributed by atoms with E-state index >= 15 is 0 Å². The van der Waals surface area contributed by atoms with Gasteiger partial charge in [-0.25, -0.2) is 13.2 Å². The van der Waals surface area contributed by atoms with Crippen molar-refractivity contribution in [2.75, 3.05) is 0 Å². The topological polar surface area (TPSA) is 0 Å². The van der Waals surface area contributed by atoms with Gasteiger partial charge in [0.25, 0.3) is 0 Å². The molecule has 0 spiro atoms. The molecule has 1 atom stereocenters. The minimum absolute atomic E-state index is 0.0890. The summed E-state index contributed by atoms with van der Waals surface area (Å²) in [6, 6.07) is 8.44. The number of benzene rings is 2. The van der Waals surface area contributed by atoms with Crippen LogP contribution in [0.1, 0.15) is 49.3 Å². The van der Waals surface area contributed by atoms with E-state index in [1.54, 1.807) is 6.07 Å². The monoisotopic (exact) mass is 292 g/mol. The Labute approximate surface area is 123 Å². The average molecular weight is 292 g/mol. The number of hydrogen-bond donors (Lipinski definition) is 0. The Morgan fingerprint density at radius 2 is 1.43 bits per heavy atom. The molecule has 0 aromatic heterocycles. The Morgan fingerprint density at radius 3 is 2.10 bits per heavy atom. The zero-order chi connectivity index (χ0) is 15.6. The minimum atomic E-state index is -0.444. The summed E-state index contributed by atoms with van der Waals surface area (Å²) >= 11 is 0. The second-order valence-corrected chi connectivity index (χ2v) is 5.78. The molecule has 0 aliphatic heterocycles. The quantitative estimate of drug-likeness (QED) is 0.690. The number of hydrogen-bond acceptors (Lipinski definition) is 0. The van der Waals surface area contributed by atoms with Gasteiger partial charge in [-0.2, -0.15) is 0 Å². The van der Waals surface area contributed by atoms with Crippen molar-refractivity contribution in [3.05, 3.63) is 70.5 Å². The van der Waals surface area contributed by atoms with Crippen LogP contribution in [0.5, 0.6) is 0 Å². The van der Waals surface area contributed by atoms with Gasteiger partial charge in [0.05, 0.1) is 0 Å². The molecule has 2 rings (SSSR count). The SMILES string of the molecule is CC(C)c1cc(CC(C)c2cc(F)ccc2F)ccc1F. The van der Waals surface area contributed by atoms with Gasteiger partial charge in [-0.15, -0.1) is 0 Å². The lowest BCUT2D eigenvalue weighted by Gasteiger charge is -2.15. The van der Waals surface area contributed by atoms with Crippen LogP contribution in [0.4, 0.5) is 13.2 Å². The first-order chi connectivity index (χ1) is 9.88. The molecule has 3 heteroatoms. The third-order valence-corrected chi connectivity index (χ3v) is 3.71. The van der Waals surface area contributed by atoms with Crippen molar-refractivity contribution in [2.45, 2.75) is 39.0 Å². The van der Waals surface area contributed by atoms with Crippen LogP contribution in [0.3, 0.4) is 0 Å². The maximum atomic E-state index is 13.8. The minimum Gasteiger partial charge on any atom is -0.207 e. The van der Waals surface area contributed by atoms with E-state index in [4.69, 9.17) is 0 Å². The Hall–Kier alpha value is -1.77. The Bertz CT molecular complexity index is 632.